The summed E-state index contributed by atoms with van der Waals surface area (Å²) in [5.41, 5.74) is 3.32. The van der Waals surface area contributed by atoms with Gasteiger partial charge in [0.05, 0.1) is 0 Å². The van der Waals surface area contributed by atoms with Crippen molar-refractivity contribution in [3.63, 3.8) is 0 Å². The first kappa shape index (κ1) is 18.8. The van der Waals surface area contributed by atoms with E-state index in [0.717, 1.165) is 17.0 Å². The molecule has 140 valence electrons. The second kappa shape index (κ2) is 9.64. The molecule has 0 aliphatic heterocycles. The number of hydrogen-bond donors (Lipinski definition) is 2. The third-order valence-electron chi connectivity index (χ3n) is 4.11. The van der Waals surface area contributed by atoms with Crippen LogP contribution in [0, 0.1) is 6.92 Å². The number of rotatable bonds is 9. The number of hydrogen-bond acceptors (Lipinski definition) is 4. The largest absolute Gasteiger partial charge is 0.491 e. The van der Waals surface area contributed by atoms with Crippen LogP contribution in [-0.4, -0.2) is 24.4 Å². The molecule has 1 atom stereocenters. The highest BCUT2D eigenvalue weighted by molar-refractivity contribution is 5.44. The van der Waals surface area contributed by atoms with Gasteiger partial charge < -0.3 is 19.9 Å². The van der Waals surface area contributed by atoms with E-state index in [4.69, 9.17) is 9.47 Å². The van der Waals surface area contributed by atoms with Crippen LogP contribution in [-0.2, 0) is 6.61 Å². The molecule has 0 aliphatic rings. The van der Waals surface area contributed by atoms with E-state index in [2.05, 4.69) is 5.32 Å². The van der Waals surface area contributed by atoms with Crippen molar-refractivity contribution >= 4 is 5.69 Å². The molecule has 0 bridgehead atoms. The van der Waals surface area contributed by atoms with Gasteiger partial charge in [-0.2, -0.15) is 0 Å². The van der Waals surface area contributed by atoms with Crippen LogP contribution in [0.5, 0.6) is 11.5 Å². The minimum absolute atomic E-state index is 0.225. The standard InChI is InChI=1S/C23H25NO3/c1-18-7-9-20(10-8-18)24-15-21(25)17-27-23-13-11-22(12-14-23)26-16-19-5-3-2-4-6-19/h2-14,21,24-25H,15-17H2,1H3. The van der Waals surface area contributed by atoms with Crippen LogP contribution >= 0.6 is 0 Å². The molecule has 0 fully saturated rings. The van der Waals surface area contributed by atoms with Gasteiger partial charge in [-0.1, -0.05) is 48.0 Å². The van der Waals surface area contributed by atoms with E-state index in [9.17, 15) is 5.11 Å². The first-order chi connectivity index (χ1) is 13.2. The highest BCUT2D eigenvalue weighted by Gasteiger charge is 2.06. The Hall–Kier alpha value is -2.98. The van der Waals surface area contributed by atoms with Crippen molar-refractivity contribution in [2.24, 2.45) is 0 Å². The maximum atomic E-state index is 10.1. The van der Waals surface area contributed by atoms with Crippen LogP contribution in [0.4, 0.5) is 5.69 Å². The Morgan fingerprint density at radius 2 is 1.44 bits per heavy atom. The van der Waals surface area contributed by atoms with Gasteiger partial charge in [0.15, 0.2) is 0 Å². The molecule has 0 heterocycles. The van der Waals surface area contributed by atoms with Gasteiger partial charge in [-0.05, 0) is 48.9 Å². The lowest BCUT2D eigenvalue weighted by Gasteiger charge is -2.14. The normalized spacial score (nSPS) is 11.6. The van der Waals surface area contributed by atoms with Crippen molar-refractivity contribution in [1.29, 1.82) is 0 Å². The van der Waals surface area contributed by atoms with Crippen molar-refractivity contribution in [2.45, 2.75) is 19.6 Å². The Morgan fingerprint density at radius 1 is 0.815 bits per heavy atom. The predicted octanol–water partition coefficient (Wildman–Crippen LogP) is 4.43. The summed E-state index contributed by atoms with van der Waals surface area (Å²) in [6.07, 6.45) is -0.597. The van der Waals surface area contributed by atoms with E-state index in [1.807, 2.05) is 85.8 Å². The van der Waals surface area contributed by atoms with Gasteiger partial charge in [0.1, 0.15) is 30.8 Å². The van der Waals surface area contributed by atoms with Gasteiger partial charge in [0.25, 0.3) is 0 Å². The Morgan fingerprint density at radius 3 is 2.11 bits per heavy atom. The SMILES string of the molecule is Cc1ccc(NCC(O)COc2ccc(OCc3ccccc3)cc2)cc1. The first-order valence-corrected chi connectivity index (χ1v) is 9.07. The lowest BCUT2D eigenvalue weighted by molar-refractivity contribution is 0.117. The van der Waals surface area contributed by atoms with Crippen molar-refractivity contribution in [2.75, 3.05) is 18.5 Å². The zero-order valence-corrected chi connectivity index (χ0v) is 15.5. The molecule has 0 saturated carbocycles. The summed E-state index contributed by atoms with van der Waals surface area (Å²) in [6.45, 7) is 3.24. The van der Waals surface area contributed by atoms with Crippen LogP contribution < -0.4 is 14.8 Å². The van der Waals surface area contributed by atoms with Crippen molar-refractivity contribution in [3.8, 4) is 11.5 Å². The zero-order chi connectivity index (χ0) is 18.9. The molecule has 4 nitrogen and oxygen atoms in total. The average Bonchev–Trinajstić information content (AvgIpc) is 2.72. The fourth-order valence-corrected chi connectivity index (χ4v) is 2.53. The van der Waals surface area contributed by atoms with Crippen LogP contribution in [0.15, 0.2) is 78.9 Å². The number of aliphatic hydroxyl groups is 1. The van der Waals surface area contributed by atoms with Gasteiger partial charge in [0.2, 0.25) is 0 Å². The fourth-order valence-electron chi connectivity index (χ4n) is 2.53. The minimum atomic E-state index is -0.597. The molecule has 4 heteroatoms. The Kier molecular flexibility index (Phi) is 6.72. The molecule has 0 amide bonds. The van der Waals surface area contributed by atoms with E-state index < -0.39 is 6.10 Å². The van der Waals surface area contributed by atoms with E-state index in [1.54, 1.807) is 0 Å². The van der Waals surface area contributed by atoms with Gasteiger partial charge in [-0.25, -0.2) is 0 Å². The second-order valence-corrected chi connectivity index (χ2v) is 6.46. The molecule has 0 aliphatic carbocycles. The maximum absolute atomic E-state index is 10.1. The summed E-state index contributed by atoms with van der Waals surface area (Å²) in [7, 11) is 0. The quantitative estimate of drug-likeness (QED) is 0.591. The first-order valence-electron chi connectivity index (χ1n) is 9.07. The van der Waals surface area contributed by atoms with Gasteiger partial charge in [0, 0.05) is 12.2 Å². The number of benzene rings is 3. The minimum Gasteiger partial charge on any atom is -0.491 e. The van der Waals surface area contributed by atoms with Crippen molar-refractivity contribution in [3.05, 3.63) is 90.0 Å². The fraction of sp³-hybridized carbons (Fsp3) is 0.217. The van der Waals surface area contributed by atoms with Crippen LogP contribution in [0.25, 0.3) is 0 Å². The molecule has 3 rings (SSSR count). The summed E-state index contributed by atoms with van der Waals surface area (Å²) in [6, 6.07) is 25.5. The summed E-state index contributed by atoms with van der Waals surface area (Å²) in [5.74, 6) is 1.49. The topological polar surface area (TPSA) is 50.7 Å². The van der Waals surface area contributed by atoms with E-state index in [-0.39, 0.29) is 6.61 Å². The van der Waals surface area contributed by atoms with Crippen LogP contribution in [0.1, 0.15) is 11.1 Å². The smallest absolute Gasteiger partial charge is 0.120 e. The molecule has 2 N–H and O–H groups in total. The molecule has 0 radical (unpaired) electrons. The third kappa shape index (κ3) is 6.35. The van der Waals surface area contributed by atoms with Crippen molar-refractivity contribution < 1.29 is 14.6 Å². The molecule has 0 aromatic heterocycles. The molecule has 27 heavy (non-hydrogen) atoms. The van der Waals surface area contributed by atoms with E-state index in [0.29, 0.717) is 18.9 Å². The lowest BCUT2D eigenvalue weighted by Crippen LogP contribution is -2.26. The lowest BCUT2D eigenvalue weighted by atomic mass is 10.2. The van der Waals surface area contributed by atoms with Gasteiger partial charge in [-0.15, -0.1) is 0 Å². The molecule has 1 unspecified atom stereocenters. The Balaban J connectivity index is 1.39. The van der Waals surface area contributed by atoms with Crippen LogP contribution in [0.3, 0.4) is 0 Å². The summed E-state index contributed by atoms with van der Waals surface area (Å²) in [4.78, 5) is 0. The van der Waals surface area contributed by atoms with E-state index in [1.165, 1.54) is 5.56 Å². The Bertz CT molecular complexity index is 801. The monoisotopic (exact) mass is 363 g/mol. The highest BCUT2D eigenvalue weighted by Crippen LogP contribution is 2.19. The third-order valence-corrected chi connectivity index (χ3v) is 4.11. The predicted molar refractivity (Wildman–Crippen MR) is 108 cm³/mol. The number of nitrogens with one attached hydrogen (secondary N) is 1. The molecular formula is C23H25NO3. The average molecular weight is 363 g/mol. The van der Waals surface area contributed by atoms with E-state index >= 15 is 0 Å². The highest BCUT2D eigenvalue weighted by atomic mass is 16.5. The summed E-state index contributed by atoms with van der Waals surface area (Å²) < 4.78 is 11.4. The summed E-state index contributed by atoms with van der Waals surface area (Å²) >= 11 is 0. The maximum Gasteiger partial charge on any atom is 0.120 e. The molecule has 3 aromatic rings. The molecule has 0 saturated heterocycles. The molecule has 0 spiro atoms. The van der Waals surface area contributed by atoms with Crippen LogP contribution in [0.2, 0.25) is 0 Å². The number of ether oxygens (including phenoxy) is 2. The summed E-state index contributed by atoms with van der Waals surface area (Å²) in [5, 5.41) is 13.3. The van der Waals surface area contributed by atoms with Gasteiger partial charge >= 0.3 is 0 Å². The molecule has 3 aromatic carbocycles. The zero-order valence-electron chi connectivity index (χ0n) is 15.5. The van der Waals surface area contributed by atoms with Gasteiger partial charge in [-0.3, -0.25) is 0 Å². The number of aliphatic hydroxyl groups excluding tert-OH is 1. The second-order valence-electron chi connectivity index (χ2n) is 6.46. The Labute approximate surface area is 160 Å². The number of aryl methyl sites for hydroxylation is 1. The number of anilines is 1. The van der Waals surface area contributed by atoms with Crippen molar-refractivity contribution in [1.82, 2.24) is 0 Å². The molecular weight excluding hydrogens is 338 g/mol.